The molecule has 3 amide bonds. The summed E-state index contributed by atoms with van der Waals surface area (Å²) in [4.78, 5) is 51.9. The molecule has 12 heteroatoms. The second-order valence-corrected chi connectivity index (χ2v) is 9.99. The summed E-state index contributed by atoms with van der Waals surface area (Å²) in [6.07, 6.45) is 1.61. The van der Waals surface area contributed by atoms with E-state index in [1.54, 1.807) is 30.0 Å². The van der Waals surface area contributed by atoms with E-state index in [4.69, 9.17) is 14.2 Å². The Morgan fingerprint density at radius 2 is 1.84 bits per heavy atom. The Kier molecular flexibility index (Phi) is 9.19. The van der Waals surface area contributed by atoms with E-state index in [1.807, 2.05) is 0 Å². The van der Waals surface area contributed by atoms with Crippen LogP contribution in [-0.4, -0.2) is 78.9 Å². The number of rotatable bonds is 7. The number of carbonyl (C=O) groups excluding carboxylic acids is 4. The van der Waals surface area contributed by atoms with Crippen molar-refractivity contribution >= 4 is 86.0 Å². The van der Waals surface area contributed by atoms with Crippen molar-refractivity contribution in [3.8, 4) is 5.75 Å². The van der Waals surface area contributed by atoms with Gasteiger partial charge in [-0.15, -0.1) is 0 Å². The molecule has 2 aliphatic rings. The van der Waals surface area contributed by atoms with Gasteiger partial charge in [-0.3, -0.25) is 19.3 Å². The third-order valence-corrected chi connectivity index (χ3v) is 7.00. The number of morpholine rings is 1. The fraction of sp³-hybridized carbons (Fsp3) is 0.400. The molecule has 1 aromatic carbocycles. The van der Waals surface area contributed by atoms with E-state index < -0.39 is 17.1 Å². The van der Waals surface area contributed by atoms with E-state index in [9.17, 15) is 19.2 Å². The molecule has 3 rings (SSSR count). The van der Waals surface area contributed by atoms with Gasteiger partial charge in [0.05, 0.1) is 31.9 Å². The predicted octanol–water partition coefficient (Wildman–Crippen LogP) is 2.73. The Morgan fingerprint density at radius 1 is 1.19 bits per heavy atom. The van der Waals surface area contributed by atoms with Gasteiger partial charge >= 0.3 is 5.97 Å². The van der Waals surface area contributed by atoms with E-state index in [-0.39, 0.29) is 30.6 Å². The van der Waals surface area contributed by atoms with Crippen LogP contribution in [0.3, 0.4) is 0 Å². The van der Waals surface area contributed by atoms with Gasteiger partial charge in [0.2, 0.25) is 5.91 Å². The molecule has 0 saturated carbocycles. The van der Waals surface area contributed by atoms with Crippen molar-refractivity contribution in [2.45, 2.75) is 6.92 Å². The van der Waals surface area contributed by atoms with Crippen LogP contribution in [0, 0.1) is 7.14 Å². The van der Waals surface area contributed by atoms with E-state index >= 15 is 0 Å². The molecule has 0 atom stereocenters. The molecule has 2 saturated heterocycles. The Labute approximate surface area is 216 Å². The number of hydrogen-bond donors (Lipinski definition) is 0. The van der Waals surface area contributed by atoms with Gasteiger partial charge in [-0.25, -0.2) is 4.79 Å². The Morgan fingerprint density at radius 3 is 2.47 bits per heavy atom. The van der Waals surface area contributed by atoms with Crippen molar-refractivity contribution in [2.75, 3.05) is 46.1 Å². The first-order chi connectivity index (χ1) is 15.3. The number of hydrogen-bond acceptors (Lipinski definition) is 8. The predicted molar refractivity (Wildman–Crippen MR) is 134 cm³/mol. The van der Waals surface area contributed by atoms with Crippen molar-refractivity contribution in [1.29, 1.82) is 0 Å². The van der Waals surface area contributed by atoms with Crippen molar-refractivity contribution in [2.24, 2.45) is 0 Å². The minimum atomic E-state index is -0.491. The molecule has 1 aromatic rings. The highest BCUT2D eigenvalue weighted by Crippen LogP contribution is 2.34. The first kappa shape index (κ1) is 25.2. The van der Waals surface area contributed by atoms with E-state index in [0.717, 1.165) is 23.8 Å². The lowest BCUT2D eigenvalue weighted by atomic mass is 10.2. The molecule has 0 spiro atoms. The fourth-order valence-corrected chi connectivity index (χ4v) is 5.94. The summed E-state index contributed by atoms with van der Waals surface area (Å²) >= 11 is 4.97. The van der Waals surface area contributed by atoms with Crippen LogP contribution in [0.2, 0.25) is 0 Å². The largest absolute Gasteiger partial charge is 0.480 e. The molecule has 0 bridgehead atoms. The van der Waals surface area contributed by atoms with Crippen LogP contribution in [0.15, 0.2) is 17.0 Å². The van der Waals surface area contributed by atoms with Gasteiger partial charge in [0.1, 0.15) is 12.3 Å². The molecular formula is C20H20I2N2O7S. The molecule has 9 nitrogen and oxygen atoms in total. The first-order valence-corrected chi connectivity index (χ1v) is 12.7. The smallest absolute Gasteiger partial charge is 0.344 e. The maximum atomic E-state index is 12.8. The number of esters is 1. The van der Waals surface area contributed by atoms with E-state index in [1.165, 1.54) is 0 Å². The highest BCUT2D eigenvalue weighted by atomic mass is 127. The van der Waals surface area contributed by atoms with Crippen LogP contribution in [0.5, 0.6) is 5.75 Å². The standard InChI is InChI=1S/C20H20I2N2O7S/c1-2-30-17(26)11-31-18-13(21)7-12(8-14(18)22)9-15-19(27)24(20(28)32-15)10-16(25)23-3-5-29-6-4-23/h7-9H,2-6,10-11H2,1H3/b15-9+. The number of benzene rings is 1. The number of nitrogens with zero attached hydrogens (tertiary/aromatic N) is 2. The third-order valence-electron chi connectivity index (χ3n) is 4.49. The van der Waals surface area contributed by atoms with Crippen molar-refractivity contribution < 1.29 is 33.4 Å². The van der Waals surface area contributed by atoms with Gasteiger partial charge in [0, 0.05) is 13.1 Å². The normalized spacial score (nSPS) is 17.8. The lowest BCUT2D eigenvalue weighted by Crippen LogP contribution is -2.46. The highest BCUT2D eigenvalue weighted by Gasteiger charge is 2.37. The second kappa shape index (κ2) is 11.7. The number of ether oxygens (including phenoxy) is 3. The van der Waals surface area contributed by atoms with Crippen LogP contribution < -0.4 is 4.74 Å². The fourth-order valence-electron chi connectivity index (χ4n) is 2.97. The van der Waals surface area contributed by atoms with Gasteiger partial charge in [0.25, 0.3) is 11.1 Å². The Bertz CT molecular complexity index is 940. The summed E-state index contributed by atoms with van der Waals surface area (Å²) in [5.41, 5.74) is 0.701. The van der Waals surface area contributed by atoms with Crippen LogP contribution >= 0.6 is 56.9 Å². The van der Waals surface area contributed by atoms with Crippen LogP contribution in [0.1, 0.15) is 12.5 Å². The minimum Gasteiger partial charge on any atom is -0.480 e. The van der Waals surface area contributed by atoms with Gasteiger partial charge in [-0.1, -0.05) is 0 Å². The number of amides is 3. The molecule has 0 aliphatic carbocycles. The lowest BCUT2D eigenvalue weighted by Gasteiger charge is -2.28. The Hall–Kier alpha value is -1.39. The number of halogens is 2. The van der Waals surface area contributed by atoms with E-state index in [2.05, 4.69) is 45.2 Å². The first-order valence-electron chi connectivity index (χ1n) is 9.68. The zero-order valence-corrected chi connectivity index (χ0v) is 22.2. The monoisotopic (exact) mass is 686 g/mol. The lowest BCUT2D eigenvalue weighted by molar-refractivity contribution is -0.145. The van der Waals surface area contributed by atoms with Gasteiger partial charge in [0.15, 0.2) is 6.61 Å². The summed E-state index contributed by atoms with van der Waals surface area (Å²) in [6, 6.07) is 3.58. The maximum Gasteiger partial charge on any atom is 0.344 e. The second-order valence-electron chi connectivity index (χ2n) is 6.67. The summed E-state index contributed by atoms with van der Waals surface area (Å²) < 4.78 is 17.1. The summed E-state index contributed by atoms with van der Waals surface area (Å²) in [5, 5.41) is -0.471. The molecule has 2 aliphatic heterocycles. The quantitative estimate of drug-likeness (QED) is 0.246. The molecule has 172 valence electrons. The summed E-state index contributed by atoms with van der Waals surface area (Å²) in [6.45, 7) is 3.32. The number of carbonyl (C=O) groups is 4. The Balaban J connectivity index is 1.69. The molecule has 2 fully saturated rings. The number of thioether (sulfide) groups is 1. The SMILES string of the molecule is CCOC(=O)COc1c(I)cc(/C=C2/SC(=O)N(CC(=O)N3CCOCC3)C2=O)cc1I. The molecule has 0 radical (unpaired) electrons. The summed E-state index contributed by atoms with van der Waals surface area (Å²) in [5.74, 6) is -0.678. The molecule has 0 aromatic heterocycles. The average Bonchev–Trinajstić information content (AvgIpc) is 3.01. The highest BCUT2D eigenvalue weighted by molar-refractivity contribution is 14.1. The van der Waals surface area contributed by atoms with Crippen LogP contribution in [0.4, 0.5) is 4.79 Å². The van der Waals surface area contributed by atoms with Gasteiger partial charge < -0.3 is 19.1 Å². The van der Waals surface area contributed by atoms with Gasteiger partial charge in [-0.2, -0.15) is 0 Å². The number of imide groups is 1. The molecule has 0 unspecified atom stereocenters. The zero-order chi connectivity index (χ0) is 23.3. The minimum absolute atomic E-state index is 0.199. The molecule has 0 N–H and O–H groups in total. The molecule has 2 heterocycles. The topological polar surface area (TPSA) is 102 Å². The van der Waals surface area contributed by atoms with Crippen LogP contribution in [-0.2, 0) is 23.9 Å². The summed E-state index contributed by atoms with van der Waals surface area (Å²) in [7, 11) is 0. The third kappa shape index (κ3) is 6.35. The van der Waals surface area contributed by atoms with Gasteiger partial charge in [-0.05, 0) is 87.6 Å². The zero-order valence-electron chi connectivity index (χ0n) is 17.1. The molecular weight excluding hydrogens is 666 g/mol. The van der Waals surface area contributed by atoms with Crippen molar-refractivity contribution in [3.63, 3.8) is 0 Å². The van der Waals surface area contributed by atoms with Crippen LogP contribution in [0.25, 0.3) is 6.08 Å². The average molecular weight is 686 g/mol. The van der Waals surface area contributed by atoms with E-state index in [0.29, 0.717) is 37.6 Å². The van der Waals surface area contributed by atoms with Crippen molar-refractivity contribution in [3.05, 3.63) is 29.7 Å². The maximum absolute atomic E-state index is 12.8. The molecule has 32 heavy (non-hydrogen) atoms. The van der Waals surface area contributed by atoms with Crippen molar-refractivity contribution in [1.82, 2.24) is 9.80 Å².